The normalized spacial score (nSPS) is 23.6. The number of hydrogen-bond donors (Lipinski definition) is 2. The largest absolute Gasteiger partial charge is 0.534 e. The number of ether oxygens (including phenoxy) is 1. The van der Waals surface area contributed by atoms with Crippen LogP contribution in [0, 0.1) is 5.92 Å². The molecule has 6 heteroatoms. The molecule has 0 bridgehead atoms. The van der Waals surface area contributed by atoms with Gasteiger partial charge in [0.25, 0.3) is 0 Å². The van der Waals surface area contributed by atoms with Gasteiger partial charge in [0.2, 0.25) is 11.8 Å². The second-order valence-corrected chi connectivity index (χ2v) is 5.40. The summed E-state index contributed by atoms with van der Waals surface area (Å²) in [6.45, 7) is 2.15. The van der Waals surface area contributed by atoms with Crippen molar-refractivity contribution in [3.8, 4) is 11.8 Å². The number of rotatable bonds is 2. The molecule has 1 saturated carbocycles. The molecule has 6 nitrogen and oxygen atoms in total. The number of carbonyl (C=O) groups is 1. The molecule has 0 radical (unpaired) electrons. The zero-order chi connectivity index (χ0) is 14.5. The van der Waals surface area contributed by atoms with Crippen LogP contribution in [0.3, 0.4) is 0 Å². The minimum absolute atomic E-state index is 0.169. The van der Waals surface area contributed by atoms with Crippen molar-refractivity contribution >= 4 is 6.16 Å². The van der Waals surface area contributed by atoms with Gasteiger partial charge in [-0.15, -0.1) is 4.73 Å². The van der Waals surface area contributed by atoms with E-state index in [1.54, 1.807) is 0 Å². The molecule has 1 aliphatic rings. The summed E-state index contributed by atoms with van der Waals surface area (Å²) in [5.74, 6) is -0.197. The number of aromatic hydroxyl groups is 2. The molecule has 0 amide bonds. The molecule has 0 aliphatic heterocycles. The lowest BCUT2D eigenvalue weighted by molar-refractivity contribution is -0.00179. The van der Waals surface area contributed by atoms with E-state index >= 15 is 0 Å². The van der Waals surface area contributed by atoms with E-state index in [0.29, 0.717) is 10.6 Å². The van der Waals surface area contributed by atoms with Crippen LogP contribution in [0.25, 0.3) is 0 Å². The highest BCUT2D eigenvalue weighted by Gasteiger charge is 2.22. The molecule has 1 aliphatic carbocycles. The van der Waals surface area contributed by atoms with Crippen LogP contribution < -0.4 is 4.84 Å². The summed E-state index contributed by atoms with van der Waals surface area (Å²) >= 11 is 0. The molecule has 20 heavy (non-hydrogen) atoms. The third-order valence-electron chi connectivity index (χ3n) is 3.61. The first kappa shape index (κ1) is 14.6. The molecular formula is C14H21NO5. The molecular weight excluding hydrogens is 262 g/mol. The van der Waals surface area contributed by atoms with Crippen molar-refractivity contribution in [1.82, 2.24) is 4.73 Å². The molecule has 112 valence electrons. The Balaban J connectivity index is 1.89. The summed E-state index contributed by atoms with van der Waals surface area (Å²) in [4.78, 5) is 16.5. The minimum atomic E-state index is -0.912. The molecule has 1 aromatic rings. The summed E-state index contributed by atoms with van der Waals surface area (Å²) in [6.07, 6.45) is 5.12. The Labute approximate surface area is 117 Å². The third-order valence-corrected chi connectivity index (χ3v) is 3.61. The van der Waals surface area contributed by atoms with Gasteiger partial charge in [-0.3, -0.25) is 4.84 Å². The Morgan fingerprint density at radius 1 is 1.20 bits per heavy atom. The van der Waals surface area contributed by atoms with E-state index in [4.69, 9.17) is 9.57 Å². The van der Waals surface area contributed by atoms with Crippen LogP contribution in [0.4, 0.5) is 4.79 Å². The summed E-state index contributed by atoms with van der Waals surface area (Å²) in [5, 5.41) is 18.8. The number of aromatic nitrogens is 1. The van der Waals surface area contributed by atoms with Crippen LogP contribution in [0.2, 0.25) is 0 Å². The van der Waals surface area contributed by atoms with Gasteiger partial charge < -0.3 is 14.9 Å². The third kappa shape index (κ3) is 3.82. The standard InChI is InChI=1S/C14H21NO5/c1-10-5-3-2-4-6-11(9-10)19-14(18)20-15-12(16)7-8-13(15)17/h7-8,10-11,16-17H,2-6,9H2,1H3. The number of hydrogen-bond acceptors (Lipinski definition) is 5. The van der Waals surface area contributed by atoms with Gasteiger partial charge in [-0.2, -0.15) is 0 Å². The molecule has 0 aromatic carbocycles. The lowest BCUT2D eigenvalue weighted by atomic mass is 9.91. The Hall–Kier alpha value is -1.85. The van der Waals surface area contributed by atoms with E-state index in [1.165, 1.54) is 18.6 Å². The zero-order valence-electron chi connectivity index (χ0n) is 11.6. The van der Waals surface area contributed by atoms with Crippen molar-refractivity contribution in [3.05, 3.63) is 12.1 Å². The van der Waals surface area contributed by atoms with E-state index in [1.807, 2.05) is 0 Å². The Kier molecular flexibility index (Phi) is 4.76. The van der Waals surface area contributed by atoms with Crippen LogP contribution >= 0.6 is 0 Å². The van der Waals surface area contributed by atoms with Crippen LogP contribution in [0.15, 0.2) is 12.1 Å². The predicted molar refractivity (Wildman–Crippen MR) is 71.5 cm³/mol. The second-order valence-electron chi connectivity index (χ2n) is 5.40. The second kappa shape index (κ2) is 6.54. The Morgan fingerprint density at radius 3 is 2.55 bits per heavy atom. The van der Waals surface area contributed by atoms with Gasteiger partial charge in [-0.05, 0) is 25.2 Å². The lowest BCUT2D eigenvalue weighted by Gasteiger charge is -2.23. The average Bonchev–Trinajstić information content (AvgIpc) is 2.67. The van der Waals surface area contributed by atoms with Crippen molar-refractivity contribution in [1.29, 1.82) is 0 Å². The van der Waals surface area contributed by atoms with E-state index in [-0.39, 0.29) is 17.9 Å². The number of carbonyl (C=O) groups excluding carboxylic acids is 1. The highest BCUT2D eigenvalue weighted by molar-refractivity contribution is 5.60. The van der Waals surface area contributed by atoms with Crippen LogP contribution in [-0.4, -0.2) is 27.2 Å². The van der Waals surface area contributed by atoms with Crippen molar-refractivity contribution in [2.75, 3.05) is 0 Å². The maximum atomic E-state index is 11.7. The van der Waals surface area contributed by atoms with Gasteiger partial charge in [-0.1, -0.05) is 26.2 Å². The molecule has 2 rings (SSSR count). The summed E-state index contributed by atoms with van der Waals surface area (Å²) < 4.78 is 5.91. The van der Waals surface area contributed by atoms with E-state index < -0.39 is 6.16 Å². The fourth-order valence-electron chi connectivity index (χ4n) is 2.56. The van der Waals surface area contributed by atoms with Gasteiger partial charge >= 0.3 is 6.16 Å². The Morgan fingerprint density at radius 2 is 1.85 bits per heavy atom. The van der Waals surface area contributed by atoms with Gasteiger partial charge in [0.05, 0.1) is 0 Å². The highest BCUT2D eigenvalue weighted by Crippen LogP contribution is 2.24. The molecule has 1 heterocycles. The average molecular weight is 283 g/mol. The topological polar surface area (TPSA) is 80.9 Å². The first-order valence-corrected chi connectivity index (χ1v) is 7.05. The maximum Gasteiger partial charge on any atom is 0.534 e. The fourth-order valence-corrected chi connectivity index (χ4v) is 2.56. The van der Waals surface area contributed by atoms with Gasteiger partial charge in [-0.25, -0.2) is 4.79 Å². The molecule has 2 unspecified atom stereocenters. The Bertz CT molecular complexity index is 437. The monoisotopic (exact) mass is 283 g/mol. The minimum Gasteiger partial charge on any atom is -0.492 e. The molecule has 0 saturated heterocycles. The molecule has 1 fully saturated rings. The van der Waals surface area contributed by atoms with E-state index in [0.717, 1.165) is 32.1 Å². The molecule has 2 N–H and O–H groups in total. The summed E-state index contributed by atoms with van der Waals surface area (Å²) in [6, 6.07) is 2.45. The quantitative estimate of drug-likeness (QED) is 0.816. The first-order valence-electron chi connectivity index (χ1n) is 7.05. The van der Waals surface area contributed by atoms with Gasteiger partial charge in [0, 0.05) is 12.1 Å². The number of nitrogens with zero attached hydrogens (tertiary/aromatic N) is 1. The lowest BCUT2D eigenvalue weighted by Crippen LogP contribution is -2.27. The molecule has 1 aromatic heterocycles. The maximum absolute atomic E-state index is 11.7. The van der Waals surface area contributed by atoms with Crippen molar-refractivity contribution < 1.29 is 24.6 Å². The summed E-state index contributed by atoms with van der Waals surface area (Å²) in [7, 11) is 0. The van der Waals surface area contributed by atoms with Gasteiger partial charge in [0.15, 0.2) is 0 Å². The van der Waals surface area contributed by atoms with Crippen molar-refractivity contribution in [2.24, 2.45) is 5.92 Å². The fraction of sp³-hybridized carbons (Fsp3) is 0.643. The van der Waals surface area contributed by atoms with Crippen molar-refractivity contribution in [3.63, 3.8) is 0 Å². The molecule has 2 atom stereocenters. The molecule has 0 spiro atoms. The summed E-state index contributed by atoms with van der Waals surface area (Å²) in [5.41, 5.74) is 0. The van der Waals surface area contributed by atoms with Gasteiger partial charge in [0.1, 0.15) is 6.10 Å². The highest BCUT2D eigenvalue weighted by atomic mass is 16.8. The van der Waals surface area contributed by atoms with E-state index in [2.05, 4.69) is 6.92 Å². The van der Waals surface area contributed by atoms with E-state index in [9.17, 15) is 15.0 Å². The van der Waals surface area contributed by atoms with Crippen LogP contribution in [0.1, 0.15) is 45.4 Å². The van der Waals surface area contributed by atoms with Crippen molar-refractivity contribution in [2.45, 2.75) is 51.6 Å². The smallest absolute Gasteiger partial charge is 0.492 e. The SMILES string of the molecule is CC1CCCCCC(OC(=O)On2c(O)ccc2O)C1. The first-order chi connectivity index (χ1) is 9.56. The van der Waals surface area contributed by atoms with Crippen LogP contribution in [0.5, 0.6) is 11.8 Å². The van der Waals surface area contributed by atoms with Crippen LogP contribution in [-0.2, 0) is 4.74 Å². The predicted octanol–water partition coefficient (Wildman–Crippen LogP) is 2.82. The zero-order valence-corrected chi connectivity index (χ0v) is 11.6.